The lowest BCUT2D eigenvalue weighted by Crippen LogP contribution is -2.35. The van der Waals surface area contributed by atoms with Gasteiger partial charge >= 0.3 is 5.97 Å². The minimum atomic E-state index is -1.02. The molecule has 33 heavy (non-hydrogen) atoms. The van der Waals surface area contributed by atoms with Crippen LogP contribution < -0.4 is 14.8 Å². The predicted octanol–water partition coefficient (Wildman–Crippen LogP) is 3.77. The summed E-state index contributed by atoms with van der Waals surface area (Å²) in [5, 5.41) is 7.26. The van der Waals surface area contributed by atoms with Crippen LogP contribution in [0.4, 0.5) is 0 Å². The van der Waals surface area contributed by atoms with E-state index in [2.05, 4.69) is 10.4 Å². The Bertz CT molecular complexity index is 1130. The molecule has 0 saturated carbocycles. The van der Waals surface area contributed by atoms with Crippen molar-refractivity contribution in [1.82, 2.24) is 15.1 Å². The third kappa shape index (κ3) is 5.84. The van der Waals surface area contributed by atoms with Gasteiger partial charge in [-0.05, 0) is 37.1 Å². The number of nitrogens with one attached hydrogen (secondary N) is 1. The zero-order valence-corrected chi connectivity index (χ0v) is 19.7. The molecule has 1 heterocycles. The predicted molar refractivity (Wildman–Crippen MR) is 124 cm³/mol. The van der Waals surface area contributed by atoms with Crippen LogP contribution in [0.3, 0.4) is 0 Å². The fraction of sp³-hybridized carbons (Fsp3) is 0.292. The van der Waals surface area contributed by atoms with Crippen LogP contribution in [-0.4, -0.2) is 42.0 Å². The van der Waals surface area contributed by atoms with E-state index in [4.69, 9.17) is 25.8 Å². The molecule has 1 atom stereocenters. The highest BCUT2D eigenvalue weighted by Gasteiger charge is 2.25. The molecule has 2 aromatic carbocycles. The number of aryl methyl sites for hydroxylation is 1. The maximum absolute atomic E-state index is 12.7. The Morgan fingerprint density at radius 1 is 1.06 bits per heavy atom. The molecular formula is C24H26ClN3O5. The number of esters is 1. The van der Waals surface area contributed by atoms with Gasteiger partial charge in [-0.1, -0.05) is 48.0 Å². The van der Waals surface area contributed by atoms with Gasteiger partial charge in [-0.2, -0.15) is 5.10 Å². The summed E-state index contributed by atoms with van der Waals surface area (Å²) in [4.78, 5) is 25.2. The van der Waals surface area contributed by atoms with Gasteiger partial charge in [0.05, 0.1) is 26.5 Å². The maximum Gasteiger partial charge on any atom is 0.343 e. The standard InChI is InChI=1S/C24H26ClN3O5/c1-15-21(22(25)28(27-15)14-17-8-6-5-7-9-17)24(30)33-16(2)23(29)26-13-18-10-11-19(31-3)20(12-18)32-4/h5-12,16H,13-14H2,1-4H3,(H,26,29). The first kappa shape index (κ1) is 24.1. The van der Waals surface area contributed by atoms with E-state index in [0.29, 0.717) is 23.7 Å². The van der Waals surface area contributed by atoms with Crippen molar-refractivity contribution in [2.45, 2.75) is 33.0 Å². The first-order chi connectivity index (χ1) is 15.8. The number of rotatable bonds is 9. The zero-order valence-electron chi connectivity index (χ0n) is 18.9. The second-order valence-corrected chi connectivity index (χ2v) is 7.71. The van der Waals surface area contributed by atoms with Crippen molar-refractivity contribution >= 4 is 23.5 Å². The van der Waals surface area contributed by atoms with E-state index in [9.17, 15) is 9.59 Å². The number of aromatic nitrogens is 2. The highest BCUT2D eigenvalue weighted by atomic mass is 35.5. The molecule has 0 aliphatic carbocycles. The molecule has 1 amide bonds. The van der Waals surface area contributed by atoms with E-state index >= 15 is 0 Å². The smallest absolute Gasteiger partial charge is 0.343 e. The third-order valence-electron chi connectivity index (χ3n) is 5.01. The number of nitrogens with zero attached hydrogens (tertiary/aromatic N) is 2. The monoisotopic (exact) mass is 471 g/mol. The summed E-state index contributed by atoms with van der Waals surface area (Å²) in [6.07, 6.45) is -1.02. The first-order valence-electron chi connectivity index (χ1n) is 10.3. The third-order valence-corrected chi connectivity index (χ3v) is 5.40. The van der Waals surface area contributed by atoms with Gasteiger partial charge < -0.3 is 19.5 Å². The minimum absolute atomic E-state index is 0.145. The SMILES string of the molecule is COc1ccc(CNC(=O)C(C)OC(=O)c2c(C)nn(Cc3ccccc3)c2Cl)cc1OC. The Balaban J connectivity index is 1.61. The second kappa shape index (κ2) is 10.9. The lowest BCUT2D eigenvalue weighted by atomic mass is 10.2. The Kier molecular flexibility index (Phi) is 7.95. The summed E-state index contributed by atoms with van der Waals surface area (Å²) >= 11 is 6.41. The lowest BCUT2D eigenvalue weighted by molar-refractivity contribution is -0.129. The number of methoxy groups -OCH3 is 2. The number of amides is 1. The number of benzene rings is 2. The summed E-state index contributed by atoms with van der Waals surface area (Å²) in [5.41, 5.74) is 2.37. The summed E-state index contributed by atoms with van der Waals surface area (Å²) in [6, 6.07) is 14.9. The van der Waals surface area contributed by atoms with E-state index in [1.807, 2.05) is 36.4 Å². The highest BCUT2D eigenvalue weighted by Crippen LogP contribution is 2.27. The quantitative estimate of drug-likeness (QED) is 0.477. The van der Waals surface area contributed by atoms with Crippen LogP contribution in [0.25, 0.3) is 0 Å². The van der Waals surface area contributed by atoms with Crippen LogP contribution in [0, 0.1) is 6.92 Å². The van der Waals surface area contributed by atoms with Crippen LogP contribution >= 0.6 is 11.6 Å². The Morgan fingerprint density at radius 2 is 1.76 bits per heavy atom. The number of halogens is 1. The van der Waals surface area contributed by atoms with Gasteiger partial charge in [0.1, 0.15) is 10.7 Å². The van der Waals surface area contributed by atoms with E-state index in [-0.39, 0.29) is 17.3 Å². The first-order valence-corrected chi connectivity index (χ1v) is 10.7. The Morgan fingerprint density at radius 3 is 2.42 bits per heavy atom. The molecule has 8 nitrogen and oxygen atoms in total. The second-order valence-electron chi connectivity index (χ2n) is 7.35. The minimum Gasteiger partial charge on any atom is -0.493 e. The number of carbonyl (C=O) groups is 2. The number of hydrogen-bond acceptors (Lipinski definition) is 6. The van der Waals surface area contributed by atoms with Crippen molar-refractivity contribution in [2.24, 2.45) is 0 Å². The average Bonchev–Trinajstić information content (AvgIpc) is 3.10. The lowest BCUT2D eigenvalue weighted by Gasteiger charge is -2.14. The van der Waals surface area contributed by atoms with Crippen LogP contribution in [0.15, 0.2) is 48.5 Å². The number of carbonyl (C=O) groups excluding carboxylic acids is 2. The van der Waals surface area contributed by atoms with Gasteiger partial charge in [0.2, 0.25) is 0 Å². The van der Waals surface area contributed by atoms with Crippen LogP contribution in [0.5, 0.6) is 11.5 Å². The molecule has 0 spiro atoms. The van der Waals surface area contributed by atoms with E-state index < -0.39 is 18.0 Å². The summed E-state index contributed by atoms with van der Waals surface area (Å²) in [6.45, 7) is 3.82. The topological polar surface area (TPSA) is 91.7 Å². The van der Waals surface area contributed by atoms with Crippen molar-refractivity contribution in [1.29, 1.82) is 0 Å². The fourth-order valence-corrected chi connectivity index (χ4v) is 3.55. The number of hydrogen-bond donors (Lipinski definition) is 1. The fourth-order valence-electron chi connectivity index (χ4n) is 3.24. The molecule has 0 fully saturated rings. The summed E-state index contributed by atoms with van der Waals surface area (Å²) in [5.74, 6) is 0.00505. The van der Waals surface area contributed by atoms with E-state index in [1.54, 1.807) is 26.2 Å². The summed E-state index contributed by atoms with van der Waals surface area (Å²) in [7, 11) is 3.09. The van der Waals surface area contributed by atoms with Gasteiger partial charge in [-0.3, -0.25) is 4.79 Å². The van der Waals surface area contributed by atoms with Crippen LogP contribution in [0.2, 0.25) is 5.15 Å². The molecule has 1 N–H and O–H groups in total. The molecule has 0 radical (unpaired) electrons. The molecule has 0 bridgehead atoms. The van der Waals surface area contributed by atoms with Gasteiger partial charge in [-0.25, -0.2) is 9.48 Å². The molecular weight excluding hydrogens is 446 g/mol. The van der Waals surface area contributed by atoms with Gasteiger partial charge in [0, 0.05) is 6.54 Å². The van der Waals surface area contributed by atoms with Crippen LogP contribution in [-0.2, 0) is 22.6 Å². The largest absolute Gasteiger partial charge is 0.493 e. The average molecular weight is 472 g/mol. The molecule has 174 valence electrons. The van der Waals surface area contributed by atoms with Crippen molar-refractivity contribution in [3.05, 3.63) is 76.1 Å². The normalized spacial score (nSPS) is 11.5. The Hall–Kier alpha value is -3.52. The molecule has 9 heteroatoms. The molecule has 3 aromatic rings. The molecule has 0 aliphatic heterocycles. The number of ether oxygens (including phenoxy) is 3. The van der Waals surface area contributed by atoms with Crippen molar-refractivity contribution in [3.63, 3.8) is 0 Å². The van der Waals surface area contributed by atoms with E-state index in [1.165, 1.54) is 18.7 Å². The summed E-state index contributed by atoms with van der Waals surface area (Å²) < 4.78 is 17.4. The molecule has 1 aromatic heterocycles. The van der Waals surface area contributed by atoms with Crippen LogP contribution in [0.1, 0.15) is 34.1 Å². The van der Waals surface area contributed by atoms with E-state index in [0.717, 1.165) is 11.1 Å². The van der Waals surface area contributed by atoms with Crippen molar-refractivity contribution < 1.29 is 23.8 Å². The van der Waals surface area contributed by atoms with Gasteiger partial charge in [-0.15, -0.1) is 0 Å². The van der Waals surface area contributed by atoms with Gasteiger partial charge in [0.15, 0.2) is 17.6 Å². The molecule has 1 unspecified atom stereocenters. The van der Waals surface area contributed by atoms with Crippen molar-refractivity contribution in [3.8, 4) is 11.5 Å². The highest BCUT2D eigenvalue weighted by molar-refractivity contribution is 6.32. The van der Waals surface area contributed by atoms with Crippen molar-refractivity contribution in [2.75, 3.05) is 14.2 Å². The molecule has 0 saturated heterocycles. The zero-order chi connectivity index (χ0) is 24.0. The maximum atomic E-state index is 12.7. The molecule has 0 aliphatic rings. The molecule has 3 rings (SSSR count). The Labute approximate surface area is 197 Å². The van der Waals surface area contributed by atoms with Gasteiger partial charge in [0.25, 0.3) is 5.91 Å².